The third-order valence-corrected chi connectivity index (χ3v) is 4.53. The Morgan fingerprint density at radius 2 is 1.86 bits per heavy atom. The van der Waals surface area contributed by atoms with E-state index in [1.807, 2.05) is 6.92 Å². The second-order valence-corrected chi connectivity index (χ2v) is 6.18. The third kappa shape index (κ3) is 4.29. The van der Waals surface area contributed by atoms with Crippen molar-refractivity contribution in [3.05, 3.63) is 54.6 Å². The zero-order valence-corrected chi connectivity index (χ0v) is 13.2. The minimum Gasteiger partial charge on any atom is -0.466 e. The Morgan fingerprint density at radius 1 is 1.27 bits per heavy atom. The predicted octanol–water partition coefficient (Wildman–Crippen LogP) is 1.43. The molecule has 118 valence electrons. The van der Waals surface area contributed by atoms with E-state index in [4.69, 9.17) is 0 Å². The fourth-order valence-corrected chi connectivity index (χ4v) is 2.89. The number of ether oxygens (including phenoxy) is 1. The number of methoxy groups -OCH3 is 1. The molecule has 0 aliphatic carbocycles. The lowest BCUT2D eigenvalue weighted by atomic mass is 10.2. The summed E-state index contributed by atoms with van der Waals surface area (Å²) in [5, 5.41) is 0. The number of carbonyl (C=O) groups excluding carboxylic acids is 2. The maximum atomic E-state index is 12.5. The quantitative estimate of drug-likeness (QED) is 0.584. The maximum Gasteiger partial charge on any atom is 0.330 e. The molecular formula is C15H17NO5S. The maximum absolute atomic E-state index is 12.5. The van der Waals surface area contributed by atoms with Crippen LogP contribution in [-0.2, 0) is 24.3 Å². The summed E-state index contributed by atoms with van der Waals surface area (Å²) >= 11 is 0. The SMILES string of the molecule is C=CC(=O)N(C/C=C/C(=O)OC)S(=O)(=O)c1ccc(C)cc1. The van der Waals surface area contributed by atoms with E-state index in [1.54, 1.807) is 12.1 Å². The van der Waals surface area contributed by atoms with Crippen LogP contribution < -0.4 is 0 Å². The molecule has 0 bridgehead atoms. The Labute approximate surface area is 129 Å². The van der Waals surface area contributed by atoms with Crippen LogP contribution in [0.15, 0.2) is 54.0 Å². The molecule has 7 heteroatoms. The van der Waals surface area contributed by atoms with Crippen molar-refractivity contribution in [3.63, 3.8) is 0 Å². The highest BCUT2D eigenvalue weighted by atomic mass is 32.2. The van der Waals surface area contributed by atoms with E-state index >= 15 is 0 Å². The van der Waals surface area contributed by atoms with Crippen molar-refractivity contribution < 1.29 is 22.7 Å². The number of rotatable bonds is 6. The van der Waals surface area contributed by atoms with Crippen molar-refractivity contribution in [1.29, 1.82) is 0 Å². The average molecular weight is 323 g/mol. The average Bonchev–Trinajstić information content (AvgIpc) is 2.50. The van der Waals surface area contributed by atoms with E-state index in [9.17, 15) is 18.0 Å². The zero-order valence-electron chi connectivity index (χ0n) is 12.4. The fourth-order valence-electron chi connectivity index (χ4n) is 1.56. The van der Waals surface area contributed by atoms with E-state index in [-0.39, 0.29) is 11.4 Å². The molecule has 6 nitrogen and oxygen atoms in total. The summed E-state index contributed by atoms with van der Waals surface area (Å²) in [6.07, 6.45) is 3.19. The monoisotopic (exact) mass is 323 g/mol. The normalized spacial score (nSPS) is 11.2. The number of esters is 1. The molecule has 0 aliphatic rings. The van der Waals surface area contributed by atoms with Gasteiger partial charge >= 0.3 is 5.97 Å². The molecule has 0 spiro atoms. The molecule has 0 aliphatic heterocycles. The van der Waals surface area contributed by atoms with Crippen LogP contribution in [0.2, 0.25) is 0 Å². The molecule has 0 heterocycles. The highest BCUT2D eigenvalue weighted by molar-refractivity contribution is 7.89. The highest BCUT2D eigenvalue weighted by Gasteiger charge is 2.26. The van der Waals surface area contributed by atoms with Crippen LogP contribution in [0.4, 0.5) is 0 Å². The number of aryl methyl sites for hydroxylation is 1. The van der Waals surface area contributed by atoms with Crippen molar-refractivity contribution in [1.82, 2.24) is 4.31 Å². The molecule has 0 saturated heterocycles. The lowest BCUT2D eigenvalue weighted by molar-refractivity contribution is -0.135. The standard InChI is InChI=1S/C15H17NO5S/c1-4-14(17)16(11-5-6-15(18)21-3)22(19,20)13-9-7-12(2)8-10-13/h4-10H,1,11H2,2-3H3/b6-5+. The Bertz CT molecular complexity index is 689. The van der Waals surface area contributed by atoms with Gasteiger partial charge in [0.25, 0.3) is 15.9 Å². The summed E-state index contributed by atoms with van der Waals surface area (Å²) in [7, 11) is -2.83. The van der Waals surface area contributed by atoms with Gasteiger partial charge in [0.05, 0.1) is 18.6 Å². The summed E-state index contributed by atoms with van der Waals surface area (Å²) in [6.45, 7) is 4.82. The number of sulfonamides is 1. The summed E-state index contributed by atoms with van der Waals surface area (Å²) in [5.74, 6) is -1.42. The van der Waals surface area contributed by atoms with Gasteiger partial charge < -0.3 is 4.74 Å². The number of benzene rings is 1. The number of hydrogen-bond donors (Lipinski definition) is 0. The number of amides is 1. The number of carbonyl (C=O) groups is 2. The first-order chi connectivity index (χ1) is 10.3. The summed E-state index contributed by atoms with van der Waals surface area (Å²) in [6, 6.07) is 6.09. The van der Waals surface area contributed by atoms with Gasteiger partial charge in [-0.2, -0.15) is 0 Å². The fraction of sp³-hybridized carbons (Fsp3) is 0.200. The van der Waals surface area contributed by atoms with Crippen LogP contribution in [0.25, 0.3) is 0 Å². The molecule has 0 unspecified atom stereocenters. The van der Waals surface area contributed by atoms with Crippen LogP contribution in [-0.4, -0.2) is 38.3 Å². The van der Waals surface area contributed by atoms with Gasteiger partial charge in [0.2, 0.25) is 0 Å². The molecule has 1 amide bonds. The molecule has 1 aromatic carbocycles. The van der Waals surface area contributed by atoms with E-state index in [1.165, 1.54) is 25.3 Å². The van der Waals surface area contributed by atoms with Gasteiger partial charge in [-0.25, -0.2) is 17.5 Å². The Balaban J connectivity index is 3.12. The van der Waals surface area contributed by atoms with E-state index in [0.29, 0.717) is 4.31 Å². The molecule has 0 radical (unpaired) electrons. The van der Waals surface area contributed by atoms with Crippen LogP contribution >= 0.6 is 0 Å². The van der Waals surface area contributed by atoms with Crippen molar-refractivity contribution in [2.75, 3.05) is 13.7 Å². The van der Waals surface area contributed by atoms with Crippen molar-refractivity contribution in [2.45, 2.75) is 11.8 Å². The number of nitrogens with zero attached hydrogens (tertiary/aromatic N) is 1. The third-order valence-electron chi connectivity index (χ3n) is 2.76. The van der Waals surface area contributed by atoms with Crippen molar-refractivity contribution in [2.24, 2.45) is 0 Å². The molecule has 1 rings (SSSR count). The first-order valence-corrected chi connectivity index (χ1v) is 7.77. The van der Waals surface area contributed by atoms with Crippen LogP contribution in [0.5, 0.6) is 0 Å². The lowest BCUT2D eigenvalue weighted by Crippen LogP contribution is -2.36. The van der Waals surface area contributed by atoms with Gasteiger partial charge in [-0.05, 0) is 25.1 Å². The highest BCUT2D eigenvalue weighted by Crippen LogP contribution is 2.17. The van der Waals surface area contributed by atoms with Gasteiger partial charge in [0.15, 0.2) is 0 Å². The second-order valence-electron chi connectivity index (χ2n) is 4.32. The van der Waals surface area contributed by atoms with Crippen molar-refractivity contribution >= 4 is 21.9 Å². The predicted molar refractivity (Wildman–Crippen MR) is 81.4 cm³/mol. The van der Waals surface area contributed by atoms with Crippen molar-refractivity contribution in [3.8, 4) is 0 Å². The van der Waals surface area contributed by atoms with Crippen LogP contribution in [0.3, 0.4) is 0 Å². The molecule has 0 aromatic heterocycles. The van der Waals surface area contributed by atoms with Gasteiger partial charge in [0, 0.05) is 6.08 Å². The summed E-state index contributed by atoms with van der Waals surface area (Å²) < 4.78 is 30.0. The first-order valence-electron chi connectivity index (χ1n) is 6.33. The van der Waals surface area contributed by atoms with Gasteiger partial charge in [0.1, 0.15) is 0 Å². The lowest BCUT2D eigenvalue weighted by Gasteiger charge is -2.19. The van der Waals surface area contributed by atoms with Gasteiger partial charge in [-0.3, -0.25) is 4.79 Å². The molecule has 1 aromatic rings. The minimum atomic E-state index is -4.02. The topological polar surface area (TPSA) is 80.8 Å². The van der Waals surface area contributed by atoms with Crippen LogP contribution in [0, 0.1) is 6.92 Å². The van der Waals surface area contributed by atoms with Crippen LogP contribution in [0.1, 0.15) is 5.56 Å². The van der Waals surface area contributed by atoms with E-state index < -0.39 is 21.9 Å². The Morgan fingerprint density at radius 3 is 2.36 bits per heavy atom. The molecule has 0 saturated carbocycles. The zero-order chi connectivity index (χ0) is 16.8. The smallest absolute Gasteiger partial charge is 0.330 e. The van der Waals surface area contributed by atoms with E-state index in [2.05, 4.69) is 11.3 Å². The molecule has 0 atom stereocenters. The molecule has 22 heavy (non-hydrogen) atoms. The molecule has 0 fully saturated rings. The van der Waals surface area contributed by atoms with E-state index in [0.717, 1.165) is 17.7 Å². The minimum absolute atomic E-state index is 0.0141. The second kappa shape index (κ2) is 7.56. The molecular weight excluding hydrogens is 306 g/mol. The summed E-state index contributed by atoms with van der Waals surface area (Å²) in [4.78, 5) is 22.8. The summed E-state index contributed by atoms with van der Waals surface area (Å²) in [5.41, 5.74) is 0.895. The number of hydrogen-bond acceptors (Lipinski definition) is 5. The first kappa shape index (κ1) is 17.6. The Hall–Kier alpha value is -2.41. The largest absolute Gasteiger partial charge is 0.466 e. The van der Waals surface area contributed by atoms with Gasteiger partial charge in [-0.1, -0.05) is 30.4 Å². The Kier molecular flexibility index (Phi) is 6.06. The molecule has 0 N–H and O–H groups in total. The van der Waals surface area contributed by atoms with Gasteiger partial charge in [-0.15, -0.1) is 0 Å².